The van der Waals surface area contributed by atoms with Crippen LogP contribution in [0.2, 0.25) is 0 Å². The second-order valence-corrected chi connectivity index (χ2v) is 15.1. The van der Waals surface area contributed by atoms with Crippen molar-refractivity contribution in [3.63, 3.8) is 0 Å². The first kappa shape index (κ1) is 27.4. The standard InChI is InChI=1S/C46H40O2/c1-3-11-31-27(9-1)17-23-41-45(31)37-25-29(19-21-39(37)47-41)43-33-13-5-7-15-35(33)44(36-16-8-6-14-34(36)43)30-20-22-40-38(26-30)46-32-12-4-2-10-28(32)18-24-42(46)48-40/h1,3-5,7-9,11-13,15-16,18-20,22,24-28,31-32,34,39,43H,2,6,10,14,17,21,23H2. The Hall–Kier alpha value is -4.56. The zero-order chi connectivity index (χ0) is 31.3. The molecule has 8 aliphatic rings. The maximum atomic E-state index is 6.68. The smallest absolute Gasteiger partial charge is 0.135 e. The number of rotatable bonds is 2. The van der Waals surface area contributed by atoms with E-state index in [1.165, 1.54) is 86.9 Å². The highest BCUT2D eigenvalue weighted by molar-refractivity contribution is 5.94. The van der Waals surface area contributed by atoms with E-state index in [-0.39, 0.29) is 6.10 Å². The fourth-order valence-electron chi connectivity index (χ4n) is 10.6. The molecule has 11 rings (SSSR count). The van der Waals surface area contributed by atoms with Crippen molar-refractivity contribution in [3.8, 4) is 0 Å². The van der Waals surface area contributed by atoms with Gasteiger partial charge in [-0.25, -0.2) is 0 Å². The summed E-state index contributed by atoms with van der Waals surface area (Å²) in [5.41, 5.74) is 13.9. The van der Waals surface area contributed by atoms with Crippen LogP contribution in [0.3, 0.4) is 0 Å². The second-order valence-electron chi connectivity index (χ2n) is 15.1. The maximum absolute atomic E-state index is 6.68. The summed E-state index contributed by atoms with van der Waals surface area (Å²) in [5.74, 6) is 5.10. The van der Waals surface area contributed by atoms with Gasteiger partial charge in [-0.2, -0.15) is 0 Å². The van der Waals surface area contributed by atoms with Crippen molar-refractivity contribution in [1.29, 1.82) is 0 Å². The maximum Gasteiger partial charge on any atom is 0.135 e. The molecule has 0 bridgehead atoms. The molecule has 0 radical (unpaired) electrons. The predicted molar refractivity (Wildman–Crippen MR) is 194 cm³/mol. The molecule has 1 aromatic heterocycles. The van der Waals surface area contributed by atoms with Crippen LogP contribution in [0.1, 0.15) is 84.8 Å². The average Bonchev–Trinajstić information content (AvgIpc) is 3.72. The van der Waals surface area contributed by atoms with Crippen molar-refractivity contribution in [1.82, 2.24) is 0 Å². The van der Waals surface area contributed by atoms with Gasteiger partial charge in [0.15, 0.2) is 0 Å². The van der Waals surface area contributed by atoms with Gasteiger partial charge in [0.1, 0.15) is 23.2 Å². The molecule has 7 aliphatic carbocycles. The predicted octanol–water partition coefficient (Wildman–Crippen LogP) is 11.4. The Kier molecular flexibility index (Phi) is 5.97. The summed E-state index contributed by atoms with van der Waals surface area (Å²) < 4.78 is 13.2. The van der Waals surface area contributed by atoms with E-state index in [0.717, 1.165) is 30.6 Å². The van der Waals surface area contributed by atoms with E-state index < -0.39 is 0 Å². The minimum Gasteiger partial charge on any atom is -0.489 e. The molecule has 0 amide bonds. The first-order valence-electron chi connectivity index (χ1n) is 18.4. The van der Waals surface area contributed by atoms with Crippen LogP contribution in [0.4, 0.5) is 0 Å². The fraction of sp³-hybridized carbons (Fsp3) is 0.304. The number of hydrogen-bond donors (Lipinski definition) is 0. The van der Waals surface area contributed by atoms with E-state index in [1.54, 1.807) is 0 Å². The van der Waals surface area contributed by atoms with Crippen LogP contribution in [0, 0.1) is 23.7 Å². The third kappa shape index (κ3) is 3.92. The largest absolute Gasteiger partial charge is 0.489 e. The molecule has 0 saturated carbocycles. The lowest BCUT2D eigenvalue weighted by molar-refractivity contribution is 0.154. The van der Waals surface area contributed by atoms with E-state index in [0.29, 0.717) is 35.5 Å². The Morgan fingerprint density at radius 2 is 1.71 bits per heavy atom. The van der Waals surface area contributed by atoms with E-state index >= 15 is 0 Å². The van der Waals surface area contributed by atoms with Gasteiger partial charge in [-0.3, -0.25) is 0 Å². The Balaban J connectivity index is 1.04. The van der Waals surface area contributed by atoms with E-state index in [9.17, 15) is 0 Å². The lowest BCUT2D eigenvalue weighted by atomic mass is 9.63. The van der Waals surface area contributed by atoms with Crippen molar-refractivity contribution < 1.29 is 9.15 Å². The van der Waals surface area contributed by atoms with E-state index in [2.05, 4.69) is 115 Å². The monoisotopic (exact) mass is 624 g/mol. The molecule has 2 nitrogen and oxygen atoms in total. The minimum atomic E-state index is 0.175. The van der Waals surface area contributed by atoms with Crippen LogP contribution in [-0.4, -0.2) is 6.10 Å². The highest BCUT2D eigenvalue weighted by Crippen LogP contribution is 2.56. The Morgan fingerprint density at radius 1 is 0.792 bits per heavy atom. The summed E-state index contributed by atoms with van der Waals surface area (Å²) in [4.78, 5) is 0. The first-order chi connectivity index (χ1) is 23.8. The summed E-state index contributed by atoms with van der Waals surface area (Å²) in [6.45, 7) is 0. The fourth-order valence-corrected chi connectivity index (χ4v) is 10.6. The van der Waals surface area contributed by atoms with Gasteiger partial charge in [0.25, 0.3) is 0 Å². The molecule has 2 heteroatoms. The molecule has 0 saturated heterocycles. The third-order valence-corrected chi connectivity index (χ3v) is 12.7. The number of fused-ring (bicyclic) bond motifs is 11. The molecule has 3 aromatic rings. The number of allylic oxidation sites excluding steroid dienone is 13. The highest BCUT2D eigenvalue weighted by atomic mass is 16.5. The summed E-state index contributed by atoms with van der Waals surface area (Å²) in [6, 6.07) is 16.3. The summed E-state index contributed by atoms with van der Waals surface area (Å²) in [6.07, 6.45) is 36.8. The lowest BCUT2D eigenvalue weighted by Crippen LogP contribution is -2.27. The van der Waals surface area contributed by atoms with Gasteiger partial charge in [0.2, 0.25) is 0 Å². The molecular weight excluding hydrogens is 585 g/mol. The van der Waals surface area contributed by atoms with Gasteiger partial charge in [-0.15, -0.1) is 0 Å². The van der Waals surface area contributed by atoms with Gasteiger partial charge in [-0.05, 0) is 101 Å². The van der Waals surface area contributed by atoms with Crippen molar-refractivity contribution in [2.24, 2.45) is 23.7 Å². The molecule has 0 fully saturated rings. The zero-order valence-electron chi connectivity index (χ0n) is 27.3. The average molecular weight is 625 g/mol. The van der Waals surface area contributed by atoms with E-state index in [4.69, 9.17) is 9.15 Å². The van der Waals surface area contributed by atoms with Crippen LogP contribution in [0.5, 0.6) is 0 Å². The molecule has 48 heavy (non-hydrogen) atoms. The van der Waals surface area contributed by atoms with Crippen LogP contribution in [0.15, 0.2) is 142 Å². The van der Waals surface area contributed by atoms with Crippen LogP contribution >= 0.6 is 0 Å². The third-order valence-electron chi connectivity index (χ3n) is 12.7. The minimum absolute atomic E-state index is 0.175. The molecule has 2 aromatic carbocycles. The Morgan fingerprint density at radius 3 is 2.71 bits per heavy atom. The molecule has 7 atom stereocenters. The number of hydrogen-bond acceptors (Lipinski definition) is 2. The second kappa shape index (κ2) is 10.5. The van der Waals surface area contributed by atoms with Crippen molar-refractivity contribution in [3.05, 3.63) is 165 Å². The molecule has 7 unspecified atom stereocenters. The molecule has 1 aliphatic heterocycles. The van der Waals surface area contributed by atoms with Gasteiger partial charge >= 0.3 is 0 Å². The summed E-state index contributed by atoms with van der Waals surface area (Å²) in [7, 11) is 0. The van der Waals surface area contributed by atoms with Crippen LogP contribution < -0.4 is 0 Å². The molecule has 0 N–H and O–H groups in total. The van der Waals surface area contributed by atoms with Crippen LogP contribution in [0.25, 0.3) is 22.6 Å². The van der Waals surface area contributed by atoms with Gasteiger partial charge in [0, 0.05) is 52.7 Å². The number of ether oxygens (including phenoxy) is 1. The molecule has 236 valence electrons. The van der Waals surface area contributed by atoms with Gasteiger partial charge in [0.05, 0.1) is 0 Å². The molecule has 2 heterocycles. The number of furan rings is 1. The van der Waals surface area contributed by atoms with Gasteiger partial charge < -0.3 is 9.15 Å². The Bertz CT molecular complexity index is 2180. The first-order valence-corrected chi connectivity index (χ1v) is 18.4. The summed E-state index contributed by atoms with van der Waals surface area (Å²) in [5, 5.41) is 1.28. The van der Waals surface area contributed by atoms with Crippen molar-refractivity contribution in [2.45, 2.75) is 62.9 Å². The normalized spacial score (nSPS) is 32.0. The lowest BCUT2D eigenvalue weighted by Gasteiger charge is -2.40. The van der Waals surface area contributed by atoms with Crippen molar-refractivity contribution >= 4 is 22.6 Å². The van der Waals surface area contributed by atoms with Crippen LogP contribution in [-0.2, 0) is 4.74 Å². The highest BCUT2D eigenvalue weighted by Gasteiger charge is 2.44. The molecular formula is C46H40O2. The van der Waals surface area contributed by atoms with E-state index in [1.807, 2.05) is 0 Å². The zero-order valence-corrected chi connectivity index (χ0v) is 27.3. The van der Waals surface area contributed by atoms with Gasteiger partial charge in [-0.1, -0.05) is 97.2 Å². The van der Waals surface area contributed by atoms with Crippen molar-refractivity contribution in [2.75, 3.05) is 0 Å². The number of benzene rings is 2. The quantitative estimate of drug-likeness (QED) is 0.265. The summed E-state index contributed by atoms with van der Waals surface area (Å²) >= 11 is 0. The topological polar surface area (TPSA) is 22.4 Å². The Labute approximate surface area is 283 Å². The molecule has 0 spiro atoms. The SMILES string of the molecule is C1=CC2CCC3=C(C4=CC(C5c6ccccc6C(c6ccc7oc8c(c7c6)C6C=CCCC6C=C8)=C6C=CCCC65)=CCC4O3)C2C=C1.